The molecule has 0 saturated carbocycles. The third-order valence-corrected chi connectivity index (χ3v) is 1.94. The van der Waals surface area contributed by atoms with Gasteiger partial charge in [0.1, 0.15) is 11.6 Å². The standard InChI is InChI=1S/C10H11FO3/c1-6-8(11)4-7(10(12)14-3)5-9(6)13-2/h4-5H,1-3H3. The number of carbonyl (C=O) groups is 1. The summed E-state index contributed by atoms with van der Waals surface area (Å²) in [6.45, 7) is 1.58. The van der Waals surface area contributed by atoms with Crippen LogP contribution in [0.4, 0.5) is 4.39 Å². The highest BCUT2D eigenvalue weighted by Gasteiger charge is 2.12. The number of benzene rings is 1. The molecule has 0 aromatic heterocycles. The van der Waals surface area contributed by atoms with E-state index in [1.807, 2.05) is 0 Å². The van der Waals surface area contributed by atoms with Gasteiger partial charge in [0.2, 0.25) is 0 Å². The molecule has 0 amide bonds. The van der Waals surface area contributed by atoms with Crippen molar-refractivity contribution in [2.24, 2.45) is 0 Å². The molecule has 0 heterocycles. The molecule has 14 heavy (non-hydrogen) atoms. The summed E-state index contributed by atoms with van der Waals surface area (Å²) in [6.07, 6.45) is 0. The van der Waals surface area contributed by atoms with Gasteiger partial charge in [-0.25, -0.2) is 9.18 Å². The van der Waals surface area contributed by atoms with Crippen molar-refractivity contribution in [1.82, 2.24) is 0 Å². The average molecular weight is 198 g/mol. The van der Waals surface area contributed by atoms with Crippen LogP contribution in [0.3, 0.4) is 0 Å². The van der Waals surface area contributed by atoms with Gasteiger partial charge in [-0.3, -0.25) is 0 Å². The monoisotopic (exact) mass is 198 g/mol. The first-order valence-corrected chi connectivity index (χ1v) is 4.02. The Labute approximate surface area is 81.4 Å². The van der Waals surface area contributed by atoms with Crippen LogP contribution in [0.2, 0.25) is 0 Å². The van der Waals surface area contributed by atoms with Gasteiger partial charge in [-0.2, -0.15) is 0 Å². The highest BCUT2D eigenvalue weighted by Crippen LogP contribution is 2.22. The van der Waals surface area contributed by atoms with Crippen molar-refractivity contribution in [1.29, 1.82) is 0 Å². The molecule has 1 rings (SSSR count). The molecule has 0 radical (unpaired) electrons. The summed E-state index contributed by atoms with van der Waals surface area (Å²) < 4.78 is 22.6. The lowest BCUT2D eigenvalue weighted by molar-refractivity contribution is 0.0599. The Bertz CT molecular complexity index is 361. The van der Waals surface area contributed by atoms with Gasteiger partial charge in [-0.05, 0) is 19.1 Å². The summed E-state index contributed by atoms with van der Waals surface area (Å²) in [7, 11) is 2.66. The van der Waals surface area contributed by atoms with E-state index in [-0.39, 0.29) is 5.56 Å². The quantitative estimate of drug-likeness (QED) is 0.681. The fraction of sp³-hybridized carbons (Fsp3) is 0.300. The van der Waals surface area contributed by atoms with E-state index in [1.54, 1.807) is 6.92 Å². The molecule has 0 bridgehead atoms. The maximum atomic E-state index is 13.2. The van der Waals surface area contributed by atoms with Gasteiger partial charge < -0.3 is 9.47 Å². The van der Waals surface area contributed by atoms with Crippen molar-refractivity contribution < 1.29 is 18.7 Å². The smallest absolute Gasteiger partial charge is 0.338 e. The molecule has 3 nitrogen and oxygen atoms in total. The predicted octanol–water partition coefficient (Wildman–Crippen LogP) is 1.93. The van der Waals surface area contributed by atoms with Gasteiger partial charge in [0.25, 0.3) is 0 Å². The molecule has 0 spiro atoms. The van der Waals surface area contributed by atoms with Crippen LogP contribution < -0.4 is 4.74 Å². The van der Waals surface area contributed by atoms with Crippen LogP contribution in [0.1, 0.15) is 15.9 Å². The summed E-state index contributed by atoms with van der Waals surface area (Å²) in [5.41, 5.74) is 0.521. The van der Waals surface area contributed by atoms with Crippen LogP contribution in [-0.2, 0) is 4.74 Å². The van der Waals surface area contributed by atoms with Gasteiger partial charge in [0.05, 0.1) is 19.8 Å². The Morgan fingerprint density at radius 3 is 2.50 bits per heavy atom. The summed E-state index contributed by atoms with van der Waals surface area (Å²) in [6, 6.07) is 2.58. The van der Waals surface area contributed by atoms with Gasteiger partial charge in [0.15, 0.2) is 0 Å². The van der Waals surface area contributed by atoms with E-state index in [0.717, 1.165) is 6.07 Å². The highest BCUT2D eigenvalue weighted by atomic mass is 19.1. The van der Waals surface area contributed by atoms with Crippen molar-refractivity contribution in [3.63, 3.8) is 0 Å². The zero-order valence-corrected chi connectivity index (χ0v) is 8.26. The molecular formula is C10H11FO3. The Hall–Kier alpha value is -1.58. The third kappa shape index (κ3) is 1.84. The first kappa shape index (κ1) is 10.5. The van der Waals surface area contributed by atoms with Crippen LogP contribution in [0.25, 0.3) is 0 Å². The summed E-state index contributed by atoms with van der Waals surface area (Å²) in [4.78, 5) is 11.1. The molecule has 76 valence electrons. The highest BCUT2D eigenvalue weighted by molar-refractivity contribution is 5.90. The number of carbonyl (C=O) groups excluding carboxylic acids is 1. The van der Waals surface area contributed by atoms with E-state index in [2.05, 4.69) is 4.74 Å². The number of methoxy groups -OCH3 is 2. The maximum Gasteiger partial charge on any atom is 0.338 e. The van der Waals surface area contributed by atoms with Crippen LogP contribution >= 0.6 is 0 Å². The van der Waals surface area contributed by atoms with Crippen molar-refractivity contribution in [2.75, 3.05) is 14.2 Å². The number of ether oxygens (including phenoxy) is 2. The Balaban J connectivity index is 3.22. The summed E-state index contributed by atoms with van der Waals surface area (Å²) >= 11 is 0. The van der Waals surface area contributed by atoms with Crippen LogP contribution in [0, 0.1) is 12.7 Å². The second kappa shape index (κ2) is 4.09. The maximum absolute atomic E-state index is 13.2. The molecule has 1 aromatic rings. The lowest BCUT2D eigenvalue weighted by atomic mass is 10.1. The number of rotatable bonds is 2. The first-order chi connectivity index (χ1) is 6.60. The molecule has 0 saturated heterocycles. The molecule has 0 atom stereocenters. The largest absolute Gasteiger partial charge is 0.496 e. The van der Waals surface area contributed by atoms with E-state index >= 15 is 0 Å². The van der Waals surface area contributed by atoms with Gasteiger partial charge >= 0.3 is 5.97 Å². The Morgan fingerprint density at radius 1 is 1.36 bits per heavy atom. The topological polar surface area (TPSA) is 35.5 Å². The molecular weight excluding hydrogens is 187 g/mol. The predicted molar refractivity (Wildman–Crippen MR) is 49.0 cm³/mol. The van der Waals surface area contributed by atoms with Gasteiger partial charge in [-0.1, -0.05) is 0 Å². The van der Waals surface area contributed by atoms with Crippen LogP contribution in [0.15, 0.2) is 12.1 Å². The minimum Gasteiger partial charge on any atom is -0.496 e. The lowest BCUT2D eigenvalue weighted by Crippen LogP contribution is -2.03. The van der Waals surface area contributed by atoms with E-state index in [1.165, 1.54) is 20.3 Å². The average Bonchev–Trinajstić information content (AvgIpc) is 2.20. The molecule has 0 aliphatic carbocycles. The van der Waals surface area contributed by atoms with E-state index in [0.29, 0.717) is 11.3 Å². The van der Waals surface area contributed by atoms with Gasteiger partial charge in [0, 0.05) is 5.56 Å². The second-order valence-electron chi connectivity index (χ2n) is 2.78. The second-order valence-corrected chi connectivity index (χ2v) is 2.78. The first-order valence-electron chi connectivity index (χ1n) is 4.02. The molecule has 1 aromatic carbocycles. The fourth-order valence-corrected chi connectivity index (χ4v) is 1.10. The zero-order chi connectivity index (χ0) is 10.7. The van der Waals surface area contributed by atoms with E-state index in [4.69, 9.17) is 4.74 Å². The minimum absolute atomic E-state index is 0.146. The minimum atomic E-state index is -0.581. The lowest BCUT2D eigenvalue weighted by Gasteiger charge is -2.07. The summed E-state index contributed by atoms with van der Waals surface area (Å²) in [5, 5.41) is 0. The fourth-order valence-electron chi connectivity index (χ4n) is 1.10. The van der Waals surface area contributed by atoms with Crippen molar-refractivity contribution in [2.45, 2.75) is 6.92 Å². The van der Waals surface area contributed by atoms with E-state index < -0.39 is 11.8 Å². The number of halogens is 1. The van der Waals surface area contributed by atoms with Crippen molar-refractivity contribution in [3.05, 3.63) is 29.1 Å². The van der Waals surface area contributed by atoms with Gasteiger partial charge in [-0.15, -0.1) is 0 Å². The normalized spacial score (nSPS) is 9.71. The van der Waals surface area contributed by atoms with Crippen LogP contribution in [-0.4, -0.2) is 20.2 Å². The summed E-state index contributed by atoms with van der Waals surface area (Å²) in [5.74, 6) is -0.725. The van der Waals surface area contributed by atoms with E-state index in [9.17, 15) is 9.18 Å². The van der Waals surface area contributed by atoms with Crippen molar-refractivity contribution >= 4 is 5.97 Å². The molecule has 0 unspecified atom stereocenters. The zero-order valence-electron chi connectivity index (χ0n) is 8.26. The van der Waals surface area contributed by atoms with Crippen molar-refractivity contribution in [3.8, 4) is 5.75 Å². The number of hydrogen-bond donors (Lipinski definition) is 0. The molecule has 0 N–H and O–H groups in total. The SMILES string of the molecule is COC(=O)c1cc(F)c(C)c(OC)c1. The molecule has 0 aliphatic heterocycles. The molecule has 0 aliphatic rings. The Kier molecular flexibility index (Phi) is 3.06. The molecule has 4 heteroatoms. The van der Waals surface area contributed by atoms with Crippen LogP contribution in [0.5, 0.6) is 5.75 Å². The third-order valence-electron chi connectivity index (χ3n) is 1.94. The number of esters is 1. The Morgan fingerprint density at radius 2 is 2.00 bits per heavy atom. The molecule has 0 fully saturated rings. The number of hydrogen-bond acceptors (Lipinski definition) is 3.